The van der Waals surface area contributed by atoms with E-state index < -0.39 is 11.9 Å². The second kappa shape index (κ2) is 9.25. The van der Waals surface area contributed by atoms with Gasteiger partial charge in [0, 0.05) is 12.2 Å². The maximum atomic E-state index is 11.1. The van der Waals surface area contributed by atoms with Gasteiger partial charge in [-0.2, -0.15) is 0 Å². The Balaban J connectivity index is 2.64. The summed E-state index contributed by atoms with van der Waals surface area (Å²) in [5.41, 5.74) is 1.92. The topological polar surface area (TPSA) is 52.6 Å². The van der Waals surface area contributed by atoms with E-state index in [9.17, 15) is 9.59 Å². The van der Waals surface area contributed by atoms with Crippen LogP contribution in [0.2, 0.25) is 0 Å². The molecule has 0 N–H and O–H groups in total. The van der Waals surface area contributed by atoms with Gasteiger partial charge in [-0.1, -0.05) is 43.8 Å². The molecule has 0 atom stereocenters. The summed E-state index contributed by atoms with van der Waals surface area (Å²) in [6, 6.07) is 7.07. The zero-order chi connectivity index (χ0) is 17.2. The van der Waals surface area contributed by atoms with Crippen molar-refractivity contribution in [2.75, 3.05) is 0 Å². The lowest BCUT2D eigenvalue weighted by atomic mass is 9.64. The molecule has 4 nitrogen and oxygen atoms in total. The molecule has 0 amide bonds. The Morgan fingerprint density at radius 2 is 1.61 bits per heavy atom. The number of hydrogen-bond donors (Lipinski definition) is 0. The monoisotopic (exact) mass is 309 g/mol. The van der Waals surface area contributed by atoms with Crippen LogP contribution in [0.15, 0.2) is 73.0 Å². The smallest absolute Gasteiger partial charge is 0.335 e. The number of esters is 2. The van der Waals surface area contributed by atoms with Crippen LogP contribution in [-0.2, 0) is 14.3 Å². The van der Waals surface area contributed by atoms with E-state index in [1.165, 1.54) is 0 Å². The Hall–Kier alpha value is -2.82. The molecule has 117 valence electrons. The van der Waals surface area contributed by atoms with E-state index in [1.54, 1.807) is 25.1 Å². The van der Waals surface area contributed by atoms with Crippen molar-refractivity contribution in [3.63, 3.8) is 0 Å². The highest BCUT2D eigenvalue weighted by atomic mass is 16.5. The highest BCUT2D eigenvalue weighted by molar-refractivity contribution is 6.60. The zero-order valence-electron chi connectivity index (χ0n) is 13.2. The molecule has 0 aliphatic heterocycles. The molecule has 23 heavy (non-hydrogen) atoms. The molecule has 0 aliphatic carbocycles. The maximum absolute atomic E-state index is 11.1. The number of hydrogen-bond acceptors (Lipinski definition) is 4. The van der Waals surface area contributed by atoms with Crippen LogP contribution in [0.25, 0.3) is 0 Å². The van der Waals surface area contributed by atoms with Gasteiger partial charge in [0.1, 0.15) is 11.5 Å². The quantitative estimate of drug-likeness (QED) is 0.194. The number of rotatable bonds is 7. The van der Waals surface area contributed by atoms with Gasteiger partial charge in [0.05, 0.1) is 0 Å². The third-order valence-corrected chi connectivity index (χ3v) is 2.67. The Bertz CT molecular complexity index is 654. The summed E-state index contributed by atoms with van der Waals surface area (Å²) in [6.45, 7) is 10.3. The van der Waals surface area contributed by atoms with Crippen LogP contribution in [0, 0.1) is 0 Å². The van der Waals surface area contributed by atoms with Gasteiger partial charge in [0.25, 0.3) is 0 Å². The van der Waals surface area contributed by atoms with Crippen molar-refractivity contribution in [2.24, 2.45) is 0 Å². The van der Waals surface area contributed by atoms with Gasteiger partial charge < -0.3 is 9.47 Å². The largest absolute Gasteiger partial charge is 0.428 e. The number of allylic oxidation sites excluding steroid dienone is 4. The second-order valence-electron chi connectivity index (χ2n) is 4.65. The Morgan fingerprint density at radius 3 is 2.17 bits per heavy atom. The molecule has 0 bridgehead atoms. The minimum atomic E-state index is -0.493. The molecule has 1 rings (SSSR count). The fourth-order valence-corrected chi connectivity index (χ4v) is 1.58. The van der Waals surface area contributed by atoms with Gasteiger partial charge in [-0.15, -0.1) is 5.47 Å². The van der Waals surface area contributed by atoms with Crippen LogP contribution < -0.4 is 10.2 Å². The van der Waals surface area contributed by atoms with Crippen LogP contribution in [0.3, 0.4) is 0 Å². The van der Waals surface area contributed by atoms with Crippen LogP contribution in [0.1, 0.15) is 13.8 Å². The van der Waals surface area contributed by atoms with E-state index in [-0.39, 0.29) is 0 Å². The summed E-state index contributed by atoms with van der Waals surface area (Å²) >= 11 is 0. The molecule has 0 unspecified atom stereocenters. The fraction of sp³-hybridized carbons (Fsp3) is 0.111. The van der Waals surface area contributed by atoms with Crippen molar-refractivity contribution in [3.8, 4) is 5.75 Å². The van der Waals surface area contributed by atoms with Crippen molar-refractivity contribution < 1.29 is 19.1 Å². The number of carbonyl (C=O) groups excluding carboxylic acids is 2. The average molecular weight is 309 g/mol. The van der Waals surface area contributed by atoms with Crippen LogP contribution in [0.5, 0.6) is 5.75 Å². The highest BCUT2D eigenvalue weighted by Crippen LogP contribution is 2.08. The van der Waals surface area contributed by atoms with Gasteiger partial charge in [-0.3, -0.25) is 0 Å². The first-order chi connectivity index (χ1) is 10.9. The summed E-state index contributed by atoms with van der Waals surface area (Å²) in [4.78, 5) is 22.1. The SMILES string of the molecule is C=CC(=O)O/C(C)=C/C=C(\C)[B]c1ccc(OC(=O)C=C)cc1. The standard InChI is InChI=1S/C18H18BO4/c1-5-17(20)22-14(4)8-7-13(3)19-15-9-11-16(12-10-15)23-18(21)6-2/h5-12H,1-2H2,3-4H3/b13-7+,14-8+. The molecule has 0 aliphatic rings. The second-order valence-corrected chi connectivity index (χ2v) is 4.65. The Labute approximate surface area is 137 Å². The lowest BCUT2D eigenvalue weighted by molar-refractivity contribution is -0.133. The molecule has 5 heteroatoms. The molecule has 0 spiro atoms. The summed E-state index contributed by atoms with van der Waals surface area (Å²) in [5, 5.41) is 0. The molecule has 0 saturated heterocycles. The first-order valence-corrected chi connectivity index (χ1v) is 6.93. The molecule has 0 saturated carbocycles. The molecular formula is C18H18BO4. The van der Waals surface area contributed by atoms with E-state index in [1.807, 2.05) is 32.4 Å². The van der Waals surface area contributed by atoms with Crippen molar-refractivity contribution in [3.05, 3.63) is 73.0 Å². The predicted octanol–water partition coefficient (Wildman–Crippen LogP) is 2.64. The third kappa shape index (κ3) is 7.13. The Kier molecular flexibility index (Phi) is 7.34. The minimum absolute atomic E-state index is 0.459. The van der Waals surface area contributed by atoms with E-state index in [0.29, 0.717) is 11.5 Å². The van der Waals surface area contributed by atoms with E-state index in [0.717, 1.165) is 23.1 Å². The van der Waals surface area contributed by atoms with Gasteiger partial charge in [0.15, 0.2) is 7.28 Å². The Morgan fingerprint density at radius 1 is 1.00 bits per heavy atom. The van der Waals surface area contributed by atoms with Gasteiger partial charge in [-0.05, 0) is 25.1 Å². The van der Waals surface area contributed by atoms with Crippen LogP contribution in [0.4, 0.5) is 0 Å². The van der Waals surface area contributed by atoms with Crippen LogP contribution in [-0.4, -0.2) is 19.2 Å². The number of benzene rings is 1. The normalized spacial score (nSPS) is 11.4. The highest BCUT2D eigenvalue weighted by Gasteiger charge is 2.02. The lowest BCUT2D eigenvalue weighted by Gasteiger charge is -2.04. The van der Waals surface area contributed by atoms with Crippen molar-refractivity contribution >= 4 is 24.7 Å². The predicted molar refractivity (Wildman–Crippen MR) is 91.5 cm³/mol. The van der Waals surface area contributed by atoms with Crippen molar-refractivity contribution in [1.82, 2.24) is 0 Å². The lowest BCUT2D eigenvalue weighted by Crippen LogP contribution is -2.15. The molecule has 0 aromatic heterocycles. The summed E-state index contributed by atoms with van der Waals surface area (Å²) in [5.74, 6) is -0.0407. The number of ether oxygens (including phenoxy) is 2. The van der Waals surface area contributed by atoms with Gasteiger partial charge in [-0.25, -0.2) is 9.59 Å². The number of carbonyl (C=O) groups is 2. The minimum Gasteiger partial charge on any atom is -0.428 e. The molecule has 1 aromatic rings. The van der Waals surface area contributed by atoms with E-state index in [4.69, 9.17) is 9.47 Å². The van der Waals surface area contributed by atoms with E-state index in [2.05, 4.69) is 13.2 Å². The fourth-order valence-electron chi connectivity index (χ4n) is 1.58. The third-order valence-electron chi connectivity index (χ3n) is 2.67. The molecule has 1 aromatic carbocycles. The summed E-state index contributed by atoms with van der Waals surface area (Å²) < 4.78 is 9.95. The molecule has 0 heterocycles. The van der Waals surface area contributed by atoms with Crippen LogP contribution >= 0.6 is 0 Å². The van der Waals surface area contributed by atoms with Gasteiger partial charge >= 0.3 is 11.9 Å². The first-order valence-electron chi connectivity index (χ1n) is 6.93. The first kappa shape index (κ1) is 18.2. The van der Waals surface area contributed by atoms with Gasteiger partial charge in [0.2, 0.25) is 0 Å². The maximum Gasteiger partial charge on any atom is 0.335 e. The zero-order valence-corrected chi connectivity index (χ0v) is 13.2. The molecule has 1 radical (unpaired) electrons. The summed E-state index contributed by atoms with van der Waals surface area (Å²) in [7, 11) is 1.94. The molecular weight excluding hydrogens is 291 g/mol. The summed E-state index contributed by atoms with van der Waals surface area (Å²) in [6.07, 6.45) is 5.76. The van der Waals surface area contributed by atoms with Crippen molar-refractivity contribution in [2.45, 2.75) is 13.8 Å². The average Bonchev–Trinajstić information content (AvgIpc) is 2.54. The van der Waals surface area contributed by atoms with Crippen molar-refractivity contribution in [1.29, 1.82) is 0 Å². The van der Waals surface area contributed by atoms with E-state index >= 15 is 0 Å². The molecule has 0 fully saturated rings.